The highest BCUT2D eigenvalue weighted by atomic mass is 16.3. The molecule has 1 saturated heterocycles. The van der Waals surface area contributed by atoms with Crippen molar-refractivity contribution in [3.8, 4) is 0 Å². The van der Waals surface area contributed by atoms with Crippen molar-refractivity contribution < 1.29 is 13.9 Å². The Labute approximate surface area is 132 Å². The second-order valence-electron chi connectivity index (χ2n) is 5.73. The number of nitrogens with two attached hydrogens (primary N) is 1. The van der Waals surface area contributed by atoms with E-state index in [-0.39, 0.29) is 5.91 Å². The van der Waals surface area contributed by atoms with E-state index in [1.807, 2.05) is 4.90 Å². The molecule has 4 heterocycles. The molecule has 1 aromatic heterocycles. The Morgan fingerprint density at radius 2 is 2.13 bits per heavy atom. The summed E-state index contributed by atoms with van der Waals surface area (Å²) in [5, 5.41) is 4.36. The van der Waals surface area contributed by atoms with E-state index in [4.69, 9.17) is 10.3 Å². The Hall–Kier alpha value is -2.58. The van der Waals surface area contributed by atoms with Gasteiger partial charge in [-0.2, -0.15) is 4.99 Å². The lowest BCUT2D eigenvalue weighted by atomic mass is 10.1. The highest BCUT2D eigenvalue weighted by Crippen LogP contribution is 2.23. The van der Waals surface area contributed by atoms with Gasteiger partial charge in [0, 0.05) is 13.1 Å². The number of nitrogens with zero attached hydrogens (tertiary/aromatic N) is 5. The second-order valence-corrected chi connectivity index (χ2v) is 5.73. The lowest BCUT2D eigenvalue weighted by Crippen LogP contribution is -2.51. The average molecular weight is 313 g/mol. The minimum atomic E-state index is -0.408. The van der Waals surface area contributed by atoms with Crippen molar-refractivity contribution in [2.45, 2.75) is 19.3 Å². The first-order chi connectivity index (χ1) is 11.2. The number of amides is 1. The summed E-state index contributed by atoms with van der Waals surface area (Å²) in [6.07, 6.45) is 7.79. The van der Waals surface area contributed by atoms with E-state index >= 15 is 0 Å². The molecule has 1 unspecified atom stereocenters. The van der Waals surface area contributed by atoms with Crippen molar-refractivity contribution in [2.24, 2.45) is 20.9 Å². The second kappa shape index (κ2) is 5.25. The largest absolute Gasteiger partial charge is 0.461 e. The third-order valence-electron chi connectivity index (χ3n) is 4.09. The molecule has 23 heavy (non-hydrogen) atoms. The fraction of sp³-hybridized carbons (Fsp3) is 0.333. The first-order valence-corrected chi connectivity index (χ1v) is 7.63. The van der Waals surface area contributed by atoms with Crippen LogP contribution in [0.2, 0.25) is 0 Å². The number of furan rings is 1. The number of rotatable bonds is 2. The van der Waals surface area contributed by atoms with E-state index in [0.717, 1.165) is 32.4 Å². The summed E-state index contributed by atoms with van der Waals surface area (Å²) < 4.78 is 4.89. The Morgan fingerprint density at radius 3 is 2.87 bits per heavy atom. The maximum Gasteiger partial charge on any atom is 0.300 e. The van der Waals surface area contributed by atoms with Gasteiger partial charge in [-0.05, 0) is 41.2 Å². The van der Waals surface area contributed by atoms with Crippen LogP contribution in [0.25, 0.3) is 0 Å². The van der Waals surface area contributed by atoms with Crippen molar-refractivity contribution in [2.75, 3.05) is 13.1 Å². The van der Waals surface area contributed by atoms with Crippen LogP contribution in [0.3, 0.4) is 0 Å². The molecule has 0 bridgehead atoms. The Morgan fingerprint density at radius 1 is 1.30 bits per heavy atom. The van der Waals surface area contributed by atoms with Crippen molar-refractivity contribution in [1.82, 2.24) is 4.90 Å². The van der Waals surface area contributed by atoms with E-state index in [0.29, 0.717) is 23.1 Å². The van der Waals surface area contributed by atoms with Crippen LogP contribution in [0.4, 0.5) is 0 Å². The van der Waals surface area contributed by atoms with Gasteiger partial charge < -0.3 is 9.32 Å². The lowest BCUT2D eigenvalue weighted by Gasteiger charge is -2.27. The first kappa shape index (κ1) is 14.0. The van der Waals surface area contributed by atoms with Gasteiger partial charge in [-0.3, -0.25) is 4.79 Å². The summed E-state index contributed by atoms with van der Waals surface area (Å²) >= 11 is 0. The van der Waals surface area contributed by atoms with Crippen molar-refractivity contribution in [3.63, 3.8) is 0 Å². The third kappa shape index (κ3) is 2.41. The van der Waals surface area contributed by atoms with Crippen LogP contribution in [0.5, 0.6) is 0 Å². The van der Waals surface area contributed by atoms with Crippen LogP contribution in [0, 0.1) is 0 Å². The number of carbonyl (C=O) groups is 1. The molecule has 2 N–H and O–H groups in total. The number of hydrogen-bond donors (Lipinski definition) is 1. The molecule has 0 aromatic carbocycles. The lowest BCUT2D eigenvalue weighted by molar-refractivity contribution is -0.803. The van der Waals surface area contributed by atoms with Crippen LogP contribution >= 0.6 is 0 Å². The van der Waals surface area contributed by atoms with Gasteiger partial charge in [0.1, 0.15) is 6.21 Å². The molecule has 3 aliphatic heterocycles. The Balaban J connectivity index is 1.62. The molecule has 118 valence electrons. The fourth-order valence-corrected chi connectivity index (χ4v) is 2.86. The molecular weight excluding hydrogens is 296 g/mol. The molecule has 3 aliphatic rings. The van der Waals surface area contributed by atoms with Gasteiger partial charge in [-0.1, -0.05) is 0 Å². The molecule has 1 amide bonds. The molecule has 1 fully saturated rings. The van der Waals surface area contributed by atoms with E-state index in [2.05, 4.69) is 15.1 Å². The van der Waals surface area contributed by atoms with Crippen molar-refractivity contribution in [3.05, 3.63) is 36.1 Å². The molecular formula is C15H17N6O2+. The van der Waals surface area contributed by atoms with E-state index in [9.17, 15) is 4.79 Å². The normalized spacial score (nSPS) is 26.5. The molecule has 1 aromatic rings. The number of amidine groups is 2. The van der Waals surface area contributed by atoms with E-state index < -0.39 is 4.70 Å². The first-order valence-electron chi connectivity index (χ1n) is 7.63. The van der Waals surface area contributed by atoms with Crippen molar-refractivity contribution >= 4 is 23.8 Å². The number of carbonyl (C=O) groups excluding carboxylic acids is 1. The SMILES string of the molecule is N[N+]12C=C(C(=O)N3CCCCC3)N=CC1=NC(c1ccco1)=N2. The van der Waals surface area contributed by atoms with E-state index in [1.54, 1.807) is 18.4 Å². The number of aliphatic imine (C=N–C) groups is 2. The summed E-state index contributed by atoms with van der Waals surface area (Å²) in [7, 11) is 0. The summed E-state index contributed by atoms with van der Waals surface area (Å²) in [5.41, 5.74) is 0.304. The van der Waals surface area contributed by atoms with Gasteiger partial charge in [-0.25, -0.2) is 4.99 Å². The minimum absolute atomic E-state index is 0.107. The van der Waals surface area contributed by atoms with Crippen molar-refractivity contribution in [1.29, 1.82) is 0 Å². The standard InChI is InChI=1S/C15H17N6O2/c16-21-10-11(15(22)20-6-2-1-3-7-20)17-9-13(21)18-14(19-21)12-5-4-8-23-12/h4-5,8-10H,1-3,6-7,16H2/q+1. The molecule has 0 aliphatic carbocycles. The topological polar surface area (TPSA) is 96.6 Å². The summed E-state index contributed by atoms with van der Waals surface area (Å²) in [6.45, 7) is 1.52. The predicted molar refractivity (Wildman–Crippen MR) is 84.1 cm³/mol. The quantitative estimate of drug-likeness (QED) is 0.651. The van der Waals surface area contributed by atoms with Gasteiger partial charge in [0.05, 0.1) is 6.26 Å². The fourth-order valence-electron chi connectivity index (χ4n) is 2.86. The highest BCUT2D eigenvalue weighted by Gasteiger charge is 2.41. The summed E-state index contributed by atoms with van der Waals surface area (Å²) in [6, 6.07) is 3.51. The maximum atomic E-state index is 12.6. The third-order valence-corrected chi connectivity index (χ3v) is 4.09. The molecule has 1 atom stereocenters. The van der Waals surface area contributed by atoms with Gasteiger partial charge in [0.2, 0.25) is 0 Å². The molecule has 8 nitrogen and oxygen atoms in total. The molecule has 8 heteroatoms. The number of likely N-dealkylation sites (tertiary alicyclic amines) is 1. The van der Waals surface area contributed by atoms with Crippen LogP contribution < -0.4 is 5.84 Å². The molecule has 0 spiro atoms. The zero-order valence-corrected chi connectivity index (χ0v) is 12.6. The molecule has 4 rings (SSSR count). The highest BCUT2D eigenvalue weighted by molar-refractivity contribution is 6.31. The summed E-state index contributed by atoms with van der Waals surface area (Å²) in [4.78, 5) is 22.9. The number of fused-ring (bicyclic) bond motifs is 1. The monoisotopic (exact) mass is 313 g/mol. The smallest absolute Gasteiger partial charge is 0.300 e. The van der Waals surface area contributed by atoms with Gasteiger partial charge in [0.25, 0.3) is 17.6 Å². The molecule has 0 radical (unpaired) electrons. The summed E-state index contributed by atoms with van der Waals surface area (Å²) in [5.74, 6) is 7.52. The number of piperidine rings is 1. The molecule has 0 saturated carbocycles. The zero-order valence-electron chi connectivity index (χ0n) is 12.6. The van der Waals surface area contributed by atoms with E-state index in [1.165, 1.54) is 12.4 Å². The van der Waals surface area contributed by atoms with Gasteiger partial charge >= 0.3 is 0 Å². The average Bonchev–Trinajstić information content (AvgIpc) is 3.21. The Kier molecular flexibility index (Phi) is 3.21. The zero-order chi connectivity index (χ0) is 15.9. The predicted octanol–water partition coefficient (Wildman–Crippen LogP) is 0.982. The Bertz CT molecular complexity index is 755. The number of hydrogen-bond acceptors (Lipinski definition) is 6. The van der Waals surface area contributed by atoms with Crippen LogP contribution in [-0.2, 0) is 4.79 Å². The van der Waals surface area contributed by atoms with Crippen LogP contribution in [-0.4, -0.2) is 46.5 Å². The van der Waals surface area contributed by atoms with Crippen LogP contribution in [0.1, 0.15) is 25.0 Å². The number of quaternary nitrogens is 1. The van der Waals surface area contributed by atoms with Crippen LogP contribution in [0.15, 0.2) is 49.8 Å². The van der Waals surface area contributed by atoms with Gasteiger partial charge in [0.15, 0.2) is 17.7 Å². The maximum absolute atomic E-state index is 12.6. The minimum Gasteiger partial charge on any atom is -0.461 e. The van der Waals surface area contributed by atoms with Gasteiger partial charge in [-0.15, -0.1) is 5.84 Å².